The molecule has 0 bridgehead atoms. The van der Waals surface area contributed by atoms with Crippen molar-refractivity contribution in [3.63, 3.8) is 0 Å². The highest BCUT2D eigenvalue weighted by Crippen LogP contribution is 2.31. The number of allylic oxidation sites excluding steroid dienone is 6. The van der Waals surface area contributed by atoms with Gasteiger partial charge in [-0.15, -0.1) is 0 Å². The van der Waals surface area contributed by atoms with Gasteiger partial charge in [0, 0.05) is 41.3 Å². The van der Waals surface area contributed by atoms with Gasteiger partial charge in [-0.05, 0) is 56.4 Å². The largest absolute Gasteiger partial charge is 0.393 e. The fourth-order valence-electron chi connectivity index (χ4n) is 3.86. The third-order valence-corrected chi connectivity index (χ3v) is 5.06. The van der Waals surface area contributed by atoms with E-state index < -0.39 is 0 Å². The molecule has 2 heterocycles. The van der Waals surface area contributed by atoms with Crippen molar-refractivity contribution in [3.05, 3.63) is 53.2 Å². The number of fused-ring (bicyclic) bond motifs is 1. The molecule has 1 unspecified atom stereocenters. The van der Waals surface area contributed by atoms with E-state index >= 15 is 0 Å². The molecule has 24 heavy (non-hydrogen) atoms. The van der Waals surface area contributed by atoms with Crippen LogP contribution in [0.3, 0.4) is 0 Å². The number of aromatic nitrogens is 2. The van der Waals surface area contributed by atoms with Crippen LogP contribution in [0.5, 0.6) is 0 Å². The van der Waals surface area contributed by atoms with Gasteiger partial charge in [-0.2, -0.15) is 5.10 Å². The molecule has 3 aliphatic rings. The van der Waals surface area contributed by atoms with E-state index in [0.29, 0.717) is 5.92 Å². The smallest absolute Gasteiger partial charge is 0.0561 e. The Kier molecular flexibility index (Phi) is 4.10. The Morgan fingerprint density at radius 1 is 1.33 bits per heavy atom. The van der Waals surface area contributed by atoms with Crippen LogP contribution in [0.2, 0.25) is 0 Å². The van der Waals surface area contributed by atoms with Gasteiger partial charge in [0.2, 0.25) is 0 Å². The van der Waals surface area contributed by atoms with Crippen molar-refractivity contribution in [2.45, 2.75) is 51.2 Å². The van der Waals surface area contributed by atoms with E-state index in [1.54, 1.807) is 6.20 Å². The molecule has 0 aromatic carbocycles. The number of aliphatic hydroxyl groups is 1. The summed E-state index contributed by atoms with van der Waals surface area (Å²) in [4.78, 5) is 4.97. The lowest BCUT2D eigenvalue weighted by molar-refractivity contribution is 0.181. The Labute approximate surface area is 142 Å². The van der Waals surface area contributed by atoms with Gasteiger partial charge < -0.3 is 10.4 Å². The second-order valence-corrected chi connectivity index (χ2v) is 7.05. The van der Waals surface area contributed by atoms with Crippen molar-refractivity contribution >= 4 is 5.71 Å². The topological polar surface area (TPSA) is 73.3 Å². The highest BCUT2D eigenvalue weighted by Gasteiger charge is 2.29. The molecular formula is C19H24N4O. The van der Waals surface area contributed by atoms with E-state index in [1.807, 2.05) is 6.07 Å². The van der Waals surface area contributed by atoms with Crippen LogP contribution >= 0.6 is 0 Å². The summed E-state index contributed by atoms with van der Waals surface area (Å²) in [5.41, 5.74) is 5.98. The first-order valence-corrected chi connectivity index (χ1v) is 8.77. The molecular weight excluding hydrogens is 300 g/mol. The number of aliphatic imine (C=N–C) groups is 1. The molecule has 126 valence electrons. The zero-order chi connectivity index (χ0) is 16.5. The Morgan fingerprint density at radius 2 is 2.25 bits per heavy atom. The highest BCUT2D eigenvalue weighted by atomic mass is 16.3. The van der Waals surface area contributed by atoms with Gasteiger partial charge in [-0.3, -0.25) is 10.1 Å². The number of nitrogens with zero attached hydrogens (tertiary/aromatic N) is 2. The van der Waals surface area contributed by atoms with E-state index in [1.165, 1.54) is 11.3 Å². The Hall–Kier alpha value is -2.14. The second kappa shape index (κ2) is 6.40. The molecule has 1 fully saturated rings. The van der Waals surface area contributed by atoms with Crippen molar-refractivity contribution in [2.24, 2.45) is 10.9 Å². The summed E-state index contributed by atoms with van der Waals surface area (Å²) in [6.45, 7) is 2.09. The average molecular weight is 324 g/mol. The zero-order valence-electron chi connectivity index (χ0n) is 14.0. The fourth-order valence-corrected chi connectivity index (χ4v) is 3.86. The molecule has 1 aromatic rings. The van der Waals surface area contributed by atoms with Crippen molar-refractivity contribution in [1.82, 2.24) is 15.5 Å². The lowest BCUT2D eigenvalue weighted by atomic mass is 9.85. The summed E-state index contributed by atoms with van der Waals surface area (Å²) < 4.78 is 0. The van der Waals surface area contributed by atoms with Crippen LogP contribution < -0.4 is 5.32 Å². The SMILES string of the molecule is CC1=CC(=N[C@H]2CC[C@H](O)C2)C2CC=C(Cc3ccn[nH]3)C=C2N1. The number of aliphatic hydroxyl groups excluding tert-OH is 1. The maximum Gasteiger partial charge on any atom is 0.0561 e. The molecule has 0 radical (unpaired) electrons. The molecule has 0 spiro atoms. The molecule has 3 N–H and O–H groups in total. The molecule has 2 aliphatic carbocycles. The molecule has 3 atom stereocenters. The van der Waals surface area contributed by atoms with Crippen molar-refractivity contribution in [2.75, 3.05) is 0 Å². The minimum Gasteiger partial charge on any atom is -0.393 e. The van der Waals surface area contributed by atoms with E-state index in [2.05, 4.69) is 40.7 Å². The molecule has 1 saturated carbocycles. The summed E-state index contributed by atoms with van der Waals surface area (Å²) in [5, 5.41) is 20.3. The van der Waals surface area contributed by atoms with E-state index in [0.717, 1.165) is 49.2 Å². The van der Waals surface area contributed by atoms with Crippen LogP contribution in [-0.2, 0) is 6.42 Å². The Bertz CT molecular complexity index is 727. The number of hydrogen-bond donors (Lipinski definition) is 3. The molecule has 1 aliphatic heterocycles. The summed E-state index contributed by atoms with van der Waals surface area (Å²) in [6, 6.07) is 2.29. The van der Waals surface area contributed by atoms with Crippen LogP contribution in [0.25, 0.3) is 0 Å². The van der Waals surface area contributed by atoms with E-state index in [9.17, 15) is 5.11 Å². The van der Waals surface area contributed by atoms with Crippen LogP contribution in [0, 0.1) is 5.92 Å². The van der Waals surface area contributed by atoms with Crippen molar-refractivity contribution in [1.29, 1.82) is 0 Å². The van der Waals surface area contributed by atoms with Crippen LogP contribution in [0.4, 0.5) is 0 Å². The van der Waals surface area contributed by atoms with Gasteiger partial charge in [0.05, 0.1) is 12.1 Å². The molecule has 1 aromatic heterocycles. The van der Waals surface area contributed by atoms with Gasteiger partial charge in [0.25, 0.3) is 0 Å². The summed E-state index contributed by atoms with van der Waals surface area (Å²) in [6.07, 6.45) is 12.9. The first kappa shape index (κ1) is 15.4. The lowest BCUT2D eigenvalue weighted by Crippen LogP contribution is -2.32. The predicted molar refractivity (Wildman–Crippen MR) is 94.5 cm³/mol. The Balaban J connectivity index is 1.54. The number of H-pyrrole nitrogens is 1. The highest BCUT2D eigenvalue weighted by molar-refractivity contribution is 6.00. The average Bonchev–Trinajstić information content (AvgIpc) is 3.19. The third-order valence-electron chi connectivity index (χ3n) is 5.06. The monoisotopic (exact) mass is 324 g/mol. The van der Waals surface area contributed by atoms with Crippen LogP contribution in [0.15, 0.2) is 52.5 Å². The minimum atomic E-state index is -0.173. The maximum absolute atomic E-state index is 9.74. The van der Waals surface area contributed by atoms with Crippen LogP contribution in [-0.4, -0.2) is 33.2 Å². The number of nitrogens with one attached hydrogen (secondary N) is 2. The van der Waals surface area contributed by atoms with Gasteiger partial charge in [0.15, 0.2) is 0 Å². The summed E-state index contributed by atoms with van der Waals surface area (Å²) >= 11 is 0. The minimum absolute atomic E-state index is 0.173. The van der Waals surface area contributed by atoms with Crippen LogP contribution in [0.1, 0.15) is 38.3 Å². The standard InChI is InChI=1S/C19H24N4O/c1-12-8-18(22-14-3-4-16(24)11-14)17-5-2-13(10-19(17)21-12)9-15-6-7-20-23-15/h2,6-8,10,14,16-17,21,24H,3-5,9,11H2,1H3,(H,20,23)/t14-,16-,17?/m0/s1. The molecule has 4 rings (SSSR count). The fraction of sp³-hybridized carbons (Fsp3) is 0.474. The van der Waals surface area contributed by atoms with E-state index in [4.69, 9.17) is 4.99 Å². The first-order valence-electron chi connectivity index (χ1n) is 8.77. The Morgan fingerprint density at radius 3 is 3.00 bits per heavy atom. The first-order chi connectivity index (χ1) is 11.7. The predicted octanol–water partition coefficient (Wildman–Crippen LogP) is 2.64. The van der Waals surface area contributed by atoms with Crippen molar-refractivity contribution < 1.29 is 5.11 Å². The molecule has 0 saturated heterocycles. The quantitative estimate of drug-likeness (QED) is 0.800. The second-order valence-electron chi connectivity index (χ2n) is 7.05. The number of rotatable bonds is 3. The van der Waals surface area contributed by atoms with Gasteiger partial charge >= 0.3 is 0 Å². The van der Waals surface area contributed by atoms with Gasteiger partial charge in [-0.1, -0.05) is 6.08 Å². The third kappa shape index (κ3) is 3.22. The molecule has 5 nitrogen and oxygen atoms in total. The summed E-state index contributed by atoms with van der Waals surface area (Å²) in [7, 11) is 0. The number of hydrogen-bond acceptors (Lipinski definition) is 4. The van der Waals surface area contributed by atoms with Gasteiger partial charge in [0.1, 0.15) is 0 Å². The lowest BCUT2D eigenvalue weighted by Gasteiger charge is -2.30. The van der Waals surface area contributed by atoms with E-state index in [-0.39, 0.29) is 12.1 Å². The zero-order valence-corrected chi connectivity index (χ0v) is 14.0. The normalized spacial score (nSPS) is 31.2. The van der Waals surface area contributed by atoms with Crippen molar-refractivity contribution in [3.8, 4) is 0 Å². The summed E-state index contributed by atoms with van der Waals surface area (Å²) in [5.74, 6) is 0.317. The number of aromatic amines is 1. The molecule has 0 amide bonds. The molecule has 5 heteroatoms. The maximum atomic E-state index is 9.74. The van der Waals surface area contributed by atoms with Gasteiger partial charge in [-0.25, -0.2) is 0 Å².